The average Bonchev–Trinajstić information content (AvgIpc) is 2.59. The van der Waals surface area contributed by atoms with Crippen LogP contribution in [0.15, 0.2) is 16.3 Å². The second kappa shape index (κ2) is 3.63. The highest BCUT2D eigenvalue weighted by atomic mass is 15.3. The molecule has 0 amide bonds. The van der Waals surface area contributed by atoms with Crippen LogP contribution in [0.3, 0.4) is 0 Å². The summed E-state index contributed by atoms with van der Waals surface area (Å²) in [6.45, 7) is 7.63. The molecule has 0 bridgehead atoms. The van der Waals surface area contributed by atoms with Gasteiger partial charge in [0.1, 0.15) is 5.84 Å². The third-order valence-corrected chi connectivity index (χ3v) is 3.73. The molecule has 3 nitrogen and oxygen atoms in total. The number of amidine groups is 1. The zero-order chi connectivity index (χ0) is 11.2. The Kier molecular flexibility index (Phi) is 2.59. The predicted octanol–water partition coefficient (Wildman–Crippen LogP) is 1.72. The lowest BCUT2D eigenvalue weighted by Crippen LogP contribution is -2.35. The van der Waals surface area contributed by atoms with Gasteiger partial charge in [0.2, 0.25) is 0 Å². The summed E-state index contributed by atoms with van der Waals surface area (Å²) < 4.78 is 0. The summed E-state index contributed by atoms with van der Waals surface area (Å²) in [6, 6.07) is 1.02. The highest BCUT2D eigenvalue weighted by molar-refractivity contribution is 5.83. The molecular formula is C12H21N3. The van der Waals surface area contributed by atoms with E-state index in [1.807, 2.05) is 0 Å². The SMILES string of the molecule is CC1=NC(C)C(C)=C2CC(N(C)C)CN12. The molecule has 84 valence electrons. The van der Waals surface area contributed by atoms with Gasteiger partial charge in [0.05, 0.1) is 6.04 Å². The number of rotatable bonds is 1. The molecule has 1 fully saturated rings. The molecule has 0 aromatic rings. The highest BCUT2D eigenvalue weighted by Gasteiger charge is 2.33. The van der Waals surface area contributed by atoms with Gasteiger partial charge in [-0.3, -0.25) is 4.99 Å². The summed E-state index contributed by atoms with van der Waals surface area (Å²) in [5, 5.41) is 0. The number of hydrogen-bond donors (Lipinski definition) is 0. The van der Waals surface area contributed by atoms with Crippen molar-refractivity contribution in [2.75, 3.05) is 20.6 Å². The highest BCUT2D eigenvalue weighted by Crippen LogP contribution is 2.32. The summed E-state index contributed by atoms with van der Waals surface area (Å²) in [7, 11) is 4.32. The van der Waals surface area contributed by atoms with E-state index in [0.29, 0.717) is 12.1 Å². The van der Waals surface area contributed by atoms with Gasteiger partial charge in [-0.25, -0.2) is 0 Å². The van der Waals surface area contributed by atoms with Crippen LogP contribution in [0.25, 0.3) is 0 Å². The van der Waals surface area contributed by atoms with Gasteiger partial charge >= 0.3 is 0 Å². The maximum Gasteiger partial charge on any atom is 0.101 e. The third kappa shape index (κ3) is 1.69. The van der Waals surface area contributed by atoms with Crippen molar-refractivity contribution in [3.05, 3.63) is 11.3 Å². The van der Waals surface area contributed by atoms with Crippen LogP contribution in [0.5, 0.6) is 0 Å². The van der Waals surface area contributed by atoms with Gasteiger partial charge in [-0.2, -0.15) is 0 Å². The second-order valence-electron chi connectivity index (χ2n) is 4.91. The van der Waals surface area contributed by atoms with E-state index in [1.54, 1.807) is 0 Å². The zero-order valence-corrected chi connectivity index (χ0v) is 10.4. The molecule has 0 aromatic heterocycles. The molecule has 2 aliphatic heterocycles. The van der Waals surface area contributed by atoms with Gasteiger partial charge in [-0.15, -0.1) is 0 Å². The van der Waals surface area contributed by atoms with Crippen LogP contribution < -0.4 is 0 Å². The Morgan fingerprint density at radius 1 is 1.33 bits per heavy atom. The van der Waals surface area contributed by atoms with Crippen molar-refractivity contribution in [3.63, 3.8) is 0 Å². The van der Waals surface area contributed by atoms with Gasteiger partial charge in [-0.1, -0.05) is 0 Å². The van der Waals surface area contributed by atoms with Crippen LogP contribution in [0, 0.1) is 0 Å². The van der Waals surface area contributed by atoms with Gasteiger partial charge in [0, 0.05) is 24.7 Å². The first-order chi connectivity index (χ1) is 7.00. The number of likely N-dealkylation sites (N-methyl/N-ethyl adjacent to an activating group) is 1. The monoisotopic (exact) mass is 207 g/mol. The van der Waals surface area contributed by atoms with Crippen LogP contribution in [0.2, 0.25) is 0 Å². The first-order valence-corrected chi connectivity index (χ1v) is 5.68. The lowest BCUT2D eigenvalue weighted by atomic mass is 10.0. The molecule has 2 heterocycles. The standard InChI is InChI=1S/C12H21N3/c1-8-9(2)13-10(3)15-7-11(14(4)5)6-12(8)15/h9,11H,6-7H2,1-5H3. The van der Waals surface area contributed by atoms with E-state index in [1.165, 1.54) is 23.5 Å². The van der Waals surface area contributed by atoms with Crippen molar-refractivity contribution >= 4 is 5.84 Å². The van der Waals surface area contributed by atoms with Crippen molar-refractivity contribution in [2.24, 2.45) is 4.99 Å². The first-order valence-electron chi connectivity index (χ1n) is 5.68. The summed E-state index contributed by atoms with van der Waals surface area (Å²) in [6.07, 6.45) is 1.18. The van der Waals surface area contributed by atoms with E-state index in [-0.39, 0.29) is 0 Å². The topological polar surface area (TPSA) is 18.8 Å². The Morgan fingerprint density at radius 2 is 2.00 bits per heavy atom. The second-order valence-corrected chi connectivity index (χ2v) is 4.91. The minimum Gasteiger partial charge on any atom is -0.332 e. The minimum atomic E-state index is 0.372. The molecule has 0 N–H and O–H groups in total. The van der Waals surface area contributed by atoms with E-state index in [0.717, 1.165) is 6.54 Å². The van der Waals surface area contributed by atoms with Crippen molar-refractivity contribution in [2.45, 2.75) is 39.3 Å². The van der Waals surface area contributed by atoms with E-state index in [4.69, 9.17) is 0 Å². The Bertz CT molecular complexity index is 328. The summed E-state index contributed by atoms with van der Waals surface area (Å²) in [5.74, 6) is 1.19. The normalized spacial score (nSPS) is 31.1. The maximum atomic E-state index is 4.67. The first kappa shape index (κ1) is 10.7. The fraction of sp³-hybridized carbons (Fsp3) is 0.750. The molecule has 15 heavy (non-hydrogen) atoms. The van der Waals surface area contributed by atoms with Crippen molar-refractivity contribution in [3.8, 4) is 0 Å². The van der Waals surface area contributed by atoms with Crippen molar-refractivity contribution < 1.29 is 0 Å². The van der Waals surface area contributed by atoms with Crippen LogP contribution in [-0.4, -0.2) is 48.4 Å². The molecule has 2 rings (SSSR count). The maximum absolute atomic E-state index is 4.67. The molecule has 2 unspecified atom stereocenters. The van der Waals surface area contributed by atoms with Crippen LogP contribution >= 0.6 is 0 Å². The zero-order valence-electron chi connectivity index (χ0n) is 10.4. The molecule has 3 heteroatoms. The Labute approximate surface area is 92.5 Å². The third-order valence-electron chi connectivity index (χ3n) is 3.73. The fourth-order valence-corrected chi connectivity index (χ4v) is 2.45. The van der Waals surface area contributed by atoms with E-state index >= 15 is 0 Å². The number of fused-ring (bicyclic) bond motifs is 1. The van der Waals surface area contributed by atoms with Crippen molar-refractivity contribution in [1.29, 1.82) is 0 Å². The Balaban J connectivity index is 2.28. The minimum absolute atomic E-state index is 0.372. The fourth-order valence-electron chi connectivity index (χ4n) is 2.45. The number of aliphatic imine (C=N–C) groups is 1. The van der Waals surface area contributed by atoms with Crippen LogP contribution in [0.1, 0.15) is 27.2 Å². The van der Waals surface area contributed by atoms with Gasteiger partial charge < -0.3 is 9.80 Å². The number of hydrogen-bond acceptors (Lipinski definition) is 3. The number of nitrogens with zero attached hydrogens (tertiary/aromatic N) is 3. The van der Waals surface area contributed by atoms with E-state index < -0.39 is 0 Å². The molecule has 0 aromatic carbocycles. The predicted molar refractivity (Wildman–Crippen MR) is 64.1 cm³/mol. The average molecular weight is 207 g/mol. The molecule has 0 spiro atoms. The van der Waals surface area contributed by atoms with Crippen molar-refractivity contribution in [1.82, 2.24) is 9.80 Å². The molecule has 2 aliphatic rings. The quantitative estimate of drug-likeness (QED) is 0.652. The molecule has 0 saturated carbocycles. The van der Waals surface area contributed by atoms with Gasteiger partial charge in [0.25, 0.3) is 0 Å². The summed E-state index contributed by atoms with van der Waals surface area (Å²) in [5.41, 5.74) is 2.96. The van der Waals surface area contributed by atoms with Crippen LogP contribution in [0.4, 0.5) is 0 Å². The van der Waals surface area contributed by atoms with Gasteiger partial charge in [0.15, 0.2) is 0 Å². The molecular weight excluding hydrogens is 186 g/mol. The lowest BCUT2D eigenvalue weighted by molar-refractivity contribution is 0.300. The van der Waals surface area contributed by atoms with E-state index in [2.05, 4.69) is 49.7 Å². The smallest absolute Gasteiger partial charge is 0.101 e. The molecule has 0 radical (unpaired) electrons. The molecule has 0 aliphatic carbocycles. The van der Waals surface area contributed by atoms with Crippen LogP contribution in [-0.2, 0) is 0 Å². The van der Waals surface area contributed by atoms with Gasteiger partial charge in [-0.05, 0) is 40.4 Å². The Hall–Kier alpha value is -0.830. The molecule has 1 saturated heterocycles. The van der Waals surface area contributed by atoms with E-state index in [9.17, 15) is 0 Å². The Morgan fingerprint density at radius 3 is 2.60 bits per heavy atom. The summed E-state index contributed by atoms with van der Waals surface area (Å²) >= 11 is 0. The lowest BCUT2D eigenvalue weighted by Gasteiger charge is -2.28. The summed E-state index contributed by atoms with van der Waals surface area (Å²) in [4.78, 5) is 9.37. The molecule has 2 atom stereocenters. The largest absolute Gasteiger partial charge is 0.332 e.